The molecule has 1 aromatic rings. The lowest BCUT2D eigenvalue weighted by atomic mass is 10.2. The van der Waals surface area contributed by atoms with Crippen LogP contribution >= 0.6 is 0 Å². The summed E-state index contributed by atoms with van der Waals surface area (Å²) in [7, 11) is -2.14. The summed E-state index contributed by atoms with van der Waals surface area (Å²) in [5.74, 6) is -0.640. The van der Waals surface area contributed by atoms with Gasteiger partial charge in [-0.15, -0.1) is 0 Å². The molecule has 0 radical (unpaired) electrons. The fourth-order valence-corrected chi connectivity index (χ4v) is 4.12. The second-order valence-corrected chi connectivity index (χ2v) is 6.93. The fraction of sp³-hybridized carbons (Fsp3) is 0.692. The molecular formula is C13H21N3O4S. The Kier molecular flexibility index (Phi) is 4.67. The van der Waals surface area contributed by atoms with Gasteiger partial charge in [0.1, 0.15) is 5.56 Å². The predicted molar refractivity (Wildman–Crippen MR) is 76.5 cm³/mol. The van der Waals surface area contributed by atoms with Crippen LogP contribution < -0.4 is 0 Å². The number of nitrogens with zero attached hydrogens (tertiary/aromatic N) is 3. The minimum absolute atomic E-state index is 0.0462. The van der Waals surface area contributed by atoms with Crippen LogP contribution in [0.3, 0.4) is 0 Å². The van der Waals surface area contributed by atoms with Crippen LogP contribution in [0.2, 0.25) is 0 Å². The van der Waals surface area contributed by atoms with E-state index in [9.17, 15) is 13.2 Å². The topological polar surface area (TPSA) is 81.5 Å². The number of hydrogen-bond acceptors (Lipinski definition) is 5. The molecule has 0 bridgehead atoms. The molecule has 2 heterocycles. The zero-order valence-electron chi connectivity index (χ0n) is 12.6. The molecule has 1 aliphatic rings. The van der Waals surface area contributed by atoms with Gasteiger partial charge in [-0.05, 0) is 26.7 Å². The van der Waals surface area contributed by atoms with E-state index >= 15 is 0 Å². The molecule has 118 valence electrons. The van der Waals surface area contributed by atoms with Crippen molar-refractivity contribution in [2.75, 3.05) is 19.7 Å². The molecule has 0 amide bonds. The minimum Gasteiger partial charge on any atom is -0.462 e. The summed E-state index contributed by atoms with van der Waals surface area (Å²) in [6, 6.07) is 0. The van der Waals surface area contributed by atoms with E-state index in [4.69, 9.17) is 4.74 Å². The Bertz CT molecular complexity index is 630. The highest BCUT2D eigenvalue weighted by Gasteiger charge is 2.35. The van der Waals surface area contributed by atoms with E-state index in [2.05, 4.69) is 5.10 Å². The van der Waals surface area contributed by atoms with Crippen LogP contribution in [0, 0.1) is 6.92 Å². The van der Waals surface area contributed by atoms with Crippen molar-refractivity contribution in [3.8, 4) is 0 Å². The van der Waals surface area contributed by atoms with Crippen molar-refractivity contribution >= 4 is 16.0 Å². The zero-order valence-corrected chi connectivity index (χ0v) is 13.4. The molecule has 0 unspecified atom stereocenters. The monoisotopic (exact) mass is 315 g/mol. The summed E-state index contributed by atoms with van der Waals surface area (Å²) < 4.78 is 33.2. The van der Waals surface area contributed by atoms with Gasteiger partial charge in [-0.25, -0.2) is 13.2 Å². The Morgan fingerprint density at radius 1 is 1.29 bits per heavy atom. The summed E-state index contributed by atoms with van der Waals surface area (Å²) in [6.45, 7) is 4.48. The van der Waals surface area contributed by atoms with Crippen molar-refractivity contribution in [2.45, 2.75) is 38.1 Å². The fourth-order valence-electron chi connectivity index (χ4n) is 2.42. The largest absolute Gasteiger partial charge is 0.462 e. The molecule has 1 saturated heterocycles. The van der Waals surface area contributed by atoms with Crippen molar-refractivity contribution in [1.82, 2.24) is 14.1 Å². The number of esters is 1. The highest BCUT2D eigenvalue weighted by atomic mass is 32.2. The molecule has 0 N–H and O–H groups in total. The zero-order chi connectivity index (χ0) is 15.6. The number of ether oxygens (including phenoxy) is 1. The smallest absolute Gasteiger partial charge is 0.343 e. The van der Waals surface area contributed by atoms with Crippen LogP contribution in [-0.2, 0) is 21.8 Å². The maximum absolute atomic E-state index is 12.7. The minimum atomic E-state index is -3.76. The molecule has 1 fully saturated rings. The van der Waals surface area contributed by atoms with Gasteiger partial charge in [0.15, 0.2) is 0 Å². The Morgan fingerprint density at radius 2 is 1.90 bits per heavy atom. The second kappa shape index (κ2) is 6.15. The number of aromatic nitrogens is 2. The highest BCUT2D eigenvalue weighted by Crippen LogP contribution is 2.25. The van der Waals surface area contributed by atoms with Crippen LogP contribution in [0.15, 0.2) is 5.03 Å². The molecule has 2 rings (SSSR count). The van der Waals surface area contributed by atoms with Gasteiger partial charge in [-0.1, -0.05) is 6.42 Å². The van der Waals surface area contributed by atoms with Gasteiger partial charge in [0, 0.05) is 20.1 Å². The Labute approximate surface area is 124 Å². The van der Waals surface area contributed by atoms with Crippen molar-refractivity contribution in [3.63, 3.8) is 0 Å². The van der Waals surface area contributed by atoms with Gasteiger partial charge in [0.05, 0.1) is 12.3 Å². The maximum Gasteiger partial charge on any atom is 0.343 e. The number of carbonyl (C=O) groups is 1. The first-order valence-electron chi connectivity index (χ1n) is 7.10. The van der Waals surface area contributed by atoms with Crippen molar-refractivity contribution in [3.05, 3.63) is 11.3 Å². The van der Waals surface area contributed by atoms with E-state index in [-0.39, 0.29) is 17.2 Å². The summed E-state index contributed by atoms with van der Waals surface area (Å²) in [6.07, 6.45) is 2.69. The standard InChI is InChI=1S/C13H21N3O4S/c1-4-20-13(17)11-10(2)15(3)14-12(11)21(18,19)16-8-6-5-7-9-16/h4-9H2,1-3H3. The van der Waals surface area contributed by atoms with Crippen molar-refractivity contribution in [1.29, 1.82) is 0 Å². The van der Waals surface area contributed by atoms with E-state index in [0.29, 0.717) is 18.8 Å². The van der Waals surface area contributed by atoms with Crippen LogP contribution in [-0.4, -0.2) is 48.2 Å². The van der Waals surface area contributed by atoms with Gasteiger partial charge in [0.2, 0.25) is 5.03 Å². The average molecular weight is 315 g/mol. The predicted octanol–water partition coefficient (Wildman–Crippen LogP) is 1.08. The summed E-state index contributed by atoms with van der Waals surface area (Å²) >= 11 is 0. The number of carbonyl (C=O) groups excluding carboxylic acids is 1. The van der Waals surface area contributed by atoms with Crippen LogP contribution in [0.5, 0.6) is 0 Å². The maximum atomic E-state index is 12.7. The third kappa shape index (κ3) is 2.96. The molecule has 21 heavy (non-hydrogen) atoms. The number of piperidine rings is 1. The third-order valence-electron chi connectivity index (χ3n) is 3.68. The molecule has 0 spiro atoms. The first-order chi connectivity index (χ1) is 9.89. The molecule has 0 aliphatic carbocycles. The SMILES string of the molecule is CCOC(=O)c1c(S(=O)(=O)N2CCCCC2)nn(C)c1C. The van der Waals surface area contributed by atoms with Crippen LogP contribution in [0.25, 0.3) is 0 Å². The second-order valence-electron chi connectivity index (χ2n) is 5.07. The van der Waals surface area contributed by atoms with Crippen molar-refractivity contribution in [2.24, 2.45) is 7.05 Å². The van der Waals surface area contributed by atoms with Crippen LogP contribution in [0.1, 0.15) is 42.2 Å². The van der Waals surface area contributed by atoms with E-state index in [1.54, 1.807) is 20.9 Å². The lowest BCUT2D eigenvalue weighted by Crippen LogP contribution is -2.36. The highest BCUT2D eigenvalue weighted by molar-refractivity contribution is 7.89. The summed E-state index contributed by atoms with van der Waals surface area (Å²) in [5.41, 5.74) is 0.536. The number of rotatable bonds is 4. The third-order valence-corrected chi connectivity index (χ3v) is 5.50. The van der Waals surface area contributed by atoms with E-state index in [1.165, 1.54) is 8.99 Å². The molecule has 1 aliphatic heterocycles. The molecule has 1 aromatic heterocycles. The van der Waals surface area contributed by atoms with Gasteiger partial charge in [-0.3, -0.25) is 4.68 Å². The van der Waals surface area contributed by atoms with Crippen LogP contribution in [0.4, 0.5) is 0 Å². The average Bonchev–Trinajstić information content (AvgIpc) is 2.77. The summed E-state index contributed by atoms with van der Waals surface area (Å²) in [5, 5.41) is 3.85. The van der Waals surface area contributed by atoms with Gasteiger partial charge < -0.3 is 4.74 Å². The Balaban J connectivity index is 2.47. The van der Waals surface area contributed by atoms with Gasteiger partial charge in [0.25, 0.3) is 10.0 Å². The lowest BCUT2D eigenvalue weighted by molar-refractivity contribution is 0.0520. The number of sulfonamides is 1. The normalized spacial score (nSPS) is 16.9. The van der Waals surface area contributed by atoms with E-state index < -0.39 is 16.0 Å². The molecular weight excluding hydrogens is 294 g/mol. The molecule has 0 aromatic carbocycles. The number of hydrogen-bond donors (Lipinski definition) is 0. The molecule has 0 saturated carbocycles. The Hall–Kier alpha value is -1.41. The number of aryl methyl sites for hydroxylation is 1. The first-order valence-corrected chi connectivity index (χ1v) is 8.54. The van der Waals surface area contributed by atoms with E-state index in [1.807, 2.05) is 0 Å². The first kappa shape index (κ1) is 16.0. The van der Waals surface area contributed by atoms with Gasteiger partial charge in [-0.2, -0.15) is 9.40 Å². The van der Waals surface area contributed by atoms with E-state index in [0.717, 1.165) is 19.3 Å². The summed E-state index contributed by atoms with van der Waals surface area (Å²) in [4.78, 5) is 12.1. The van der Waals surface area contributed by atoms with Crippen molar-refractivity contribution < 1.29 is 17.9 Å². The lowest BCUT2D eigenvalue weighted by Gasteiger charge is -2.25. The molecule has 8 heteroatoms. The molecule has 0 atom stereocenters. The quantitative estimate of drug-likeness (QED) is 0.777. The van der Waals surface area contributed by atoms with Gasteiger partial charge >= 0.3 is 5.97 Å². The Morgan fingerprint density at radius 3 is 2.48 bits per heavy atom. The molecule has 7 nitrogen and oxygen atoms in total.